The summed E-state index contributed by atoms with van der Waals surface area (Å²) in [7, 11) is 1.46. The molecule has 1 rings (SSSR count). The molecule has 0 spiro atoms. The summed E-state index contributed by atoms with van der Waals surface area (Å²) in [5, 5.41) is 11.6. The van der Waals surface area contributed by atoms with Crippen LogP contribution in [0, 0.1) is 0 Å². The van der Waals surface area contributed by atoms with Crippen LogP contribution in [0.5, 0.6) is 11.5 Å². The lowest BCUT2D eigenvalue weighted by atomic mass is 10.3. The summed E-state index contributed by atoms with van der Waals surface area (Å²) < 4.78 is 4.81. The van der Waals surface area contributed by atoms with Crippen LogP contribution in [0.25, 0.3) is 0 Å². The zero-order chi connectivity index (χ0) is 8.97. The minimum absolute atomic E-state index is 0.00403. The second-order valence-corrected chi connectivity index (χ2v) is 2.15. The second kappa shape index (κ2) is 3.61. The third-order valence-electron chi connectivity index (χ3n) is 1.40. The Balaban J connectivity index is 2.93. The molecule has 1 amide bonds. The molecule has 0 fully saturated rings. The molecule has 0 radical (unpaired) electrons. The molecule has 1 aromatic rings. The topological polar surface area (TPSA) is 58.6 Å². The van der Waals surface area contributed by atoms with Gasteiger partial charge in [-0.15, -0.1) is 0 Å². The van der Waals surface area contributed by atoms with E-state index in [2.05, 4.69) is 5.32 Å². The Morgan fingerprint density at radius 1 is 1.58 bits per heavy atom. The fourth-order valence-electron chi connectivity index (χ4n) is 0.848. The molecule has 2 N–H and O–H groups in total. The van der Waals surface area contributed by atoms with Gasteiger partial charge in [-0.05, 0) is 12.1 Å². The first kappa shape index (κ1) is 8.39. The van der Waals surface area contributed by atoms with Crippen LogP contribution in [-0.2, 0) is 4.79 Å². The van der Waals surface area contributed by atoms with Crippen molar-refractivity contribution in [3.8, 4) is 11.5 Å². The Morgan fingerprint density at radius 3 is 2.83 bits per heavy atom. The molecule has 0 heterocycles. The van der Waals surface area contributed by atoms with Crippen molar-refractivity contribution in [3.05, 3.63) is 18.2 Å². The average molecular weight is 167 g/mol. The molecular weight excluding hydrogens is 158 g/mol. The highest BCUT2D eigenvalue weighted by molar-refractivity contribution is 5.72. The quantitative estimate of drug-likeness (QED) is 0.659. The van der Waals surface area contributed by atoms with Gasteiger partial charge < -0.3 is 15.2 Å². The van der Waals surface area contributed by atoms with Crippen LogP contribution in [-0.4, -0.2) is 18.6 Å². The van der Waals surface area contributed by atoms with E-state index in [1.807, 2.05) is 0 Å². The monoisotopic (exact) mass is 167 g/mol. The van der Waals surface area contributed by atoms with E-state index in [0.29, 0.717) is 17.8 Å². The molecule has 0 saturated heterocycles. The highest BCUT2D eigenvalue weighted by Gasteiger charge is 2.00. The summed E-state index contributed by atoms with van der Waals surface area (Å²) in [4.78, 5) is 10.0. The fourth-order valence-corrected chi connectivity index (χ4v) is 0.848. The zero-order valence-corrected chi connectivity index (χ0v) is 6.57. The van der Waals surface area contributed by atoms with Crippen LogP contribution in [0.3, 0.4) is 0 Å². The number of aromatic hydroxyl groups is 1. The number of amides is 1. The summed E-state index contributed by atoms with van der Waals surface area (Å²) in [6.07, 6.45) is 0.543. The molecule has 0 aromatic heterocycles. The standard InChI is InChI=1S/C8H9NO3/c1-12-8-3-2-6(9-5-10)4-7(8)11/h2-5,11H,1H3,(H,9,10). The van der Waals surface area contributed by atoms with E-state index < -0.39 is 0 Å². The number of phenols is 1. The Bertz CT molecular complexity index is 286. The van der Waals surface area contributed by atoms with Gasteiger partial charge in [-0.2, -0.15) is 0 Å². The molecule has 0 unspecified atom stereocenters. The smallest absolute Gasteiger partial charge is 0.211 e. The number of hydrogen-bond acceptors (Lipinski definition) is 3. The molecule has 0 saturated carbocycles. The molecule has 4 nitrogen and oxygen atoms in total. The first-order valence-corrected chi connectivity index (χ1v) is 3.35. The normalized spacial score (nSPS) is 9.08. The number of carbonyl (C=O) groups is 1. The molecule has 12 heavy (non-hydrogen) atoms. The molecular formula is C8H9NO3. The van der Waals surface area contributed by atoms with Crippen LogP contribution in [0.15, 0.2) is 18.2 Å². The maximum atomic E-state index is 10.0. The first-order chi connectivity index (χ1) is 5.77. The number of methoxy groups -OCH3 is 1. The number of ether oxygens (including phenoxy) is 1. The van der Waals surface area contributed by atoms with E-state index in [9.17, 15) is 9.90 Å². The van der Waals surface area contributed by atoms with Crippen molar-refractivity contribution in [2.75, 3.05) is 12.4 Å². The number of hydrogen-bond donors (Lipinski definition) is 2. The van der Waals surface area contributed by atoms with E-state index in [0.717, 1.165) is 0 Å². The Kier molecular flexibility index (Phi) is 2.53. The maximum Gasteiger partial charge on any atom is 0.211 e. The molecule has 0 aliphatic carbocycles. The predicted molar refractivity (Wildman–Crippen MR) is 44.3 cm³/mol. The molecule has 64 valence electrons. The van der Waals surface area contributed by atoms with Gasteiger partial charge in [-0.3, -0.25) is 4.79 Å². The number of anilines is 1. The van der Waals surface area contributed by atoms with Gasteiger partial charge in [-0.25, -0.2) is 0 Å². The molecule has 4 heteroatoms. The molecule has 1 aromatic carbocycles. The second-order valence-electron chi connectivity index (χ2n) is 2.15. The summed E-state index contributed by atoms with van der Waals surface area (Å²) in [5.74, 6) is 0.385. The van der Waals surface area contributed by atoms with E-state index in [1.165, 1.54) is 13.2 Å². The first-order valence-electron chi connectivity index (χ1n) is 3.35. The minimum atomic E-state index is 0.00403. The summed E-state index contributed by atoms with van der Waals surface area (Å²) in [6, 6.07) is 4.61. The average Bonchev–Trinajstić information content (AvgIpc) is 2.05. The highest BCUT2D eigenvalue weighted by Crippen LogP contribution is 2.27. The lowest BCUT2D eigenvalue weighted by Crippen LogP contribution is -1.93. The van der Waals surface area contributed by atoms with E-state index >= 15 is 0 Å². The number of nitrogens with one attached hydrogen (secondary N) is 1. The SMILES string of the molecule is COc1ccc(NC=O)cc1O. The van der Waals surface area contributed by atoms with Crippen molar-refractivity contribution in [3.63, 3.8) is 0 Å². The van der Waals surface area contributed by atoms with Crippen molar-refractivity contribution in [1.82, 2.24) is 0 Å². The van der Waals surface area contributed by atoms with Crippen molar-refractivity contribution < 1.29 is 14.6 Å². The lowest BCUT2D eigenvalue weighted by molar-refractivity contribution is -0.105. The van der Waals surface area contributed by atoms with Gasteiger partial charge in [0.2, 0.25) is 6.41 Å². The van der Waals surface area contributed by atoms with Crippen molar-refractivity contribution in [2.24, 2.45) is 0 Å². The lowest BCUT2D eigenvalue weighted by Gasteiger charge is -2.04. The third kappa shape index (κ3) is 1.66. The number of carbonyl (C=O) groups excluding carboxylic acids is 1. The maximum absolute atomic E-state index is 10.0. The van der Waals surface area contributed by atoms with Crippen LogP contribution in [0.1, 0.15) is 0 Å². The zero-order valence-electron chi connectivity index (χ0n) is 6.57. The molecule has 0 atom stereocenters. The number of benzene rings is 1. The molecule has 0 aliphatic heterocycles. The van der Waals surface area contributed by atoms with Gasteiger partial charge in [0.05, 0.1) is 7.11 Å². The van der Waals surface area contributed by atoms with Crippen molar-refractivity contribution in [1.29, 1.82) is 0 Å². The van der Waals surface area contributed by atoms with E-state index in [4.69, 9.17) is 4.74 Å². The van der Waals surface area contributed by atoms with Crippen molar-refractivity contribution >= 4 is 12.1 Å². The largest absolute Gasteiger partial charge is 0.504 e. The summed E-state index contributed by atoms with van der Waals surface area (Å²) >= 11 is 0. The van der Waals surface area contributed by atoms with Crippen molar-refractivity contribution in [2.45, 2.75) is 0 Å². The van der Waals surface area contributed by atoms with Crippen LogP contribution < -0.4 is 10.1 Å². The fraction of sp³-hybridized carbons (Fsp3) is 0.125. The van der Waals surface area contributed by atoms with Gasteiger partial charge >= 0.3 is 0 Å². The summed E-state index contributed by atoms with van der Waals surface area (Å²) in [5.41, 5.74) is 0.531. The number of phenolic OH excluding ortho intramolecular Hbond substituents is 1. The van der Waals surface area contributed by atoms with E-state index in [-0.39, 0.29) is 5.75 Å². The van der Waals surface area contributed by atoms with Crippen LogP contribution in [0.2, 0.25) is 0 Å². The van der Waals surface area contributed by atoms with Gasteiger partial charge in [0, 0.05) is 11.8 Å². The Labute approximate surface area is 69.8 Å². The Hall–Kier alpha value is -1.71. The molecule has 0 aliphatic rings. The van der Waals surface area contributed by atoms with Crippen LogP contribution in [0.4, 0.5) is 5.69 Å². The van der Waals surface area contributed by atoms with Gasteiger partial charge in [0.25, 0.3) is 0 Å². The molecule has 0 bridgehead atoms. The van der Waals surface area contributed by atoms with Gasteiger partial charge in [0.15, 0.2) is 11.5 Å². The highest BCUT2D eigenvalue weighted by atomic mass is 16.5. The van der Waals surface area contributed by atoms with E-state index in [1.54, 1.807) is 12.1 Å². The number of rotatable bonds is 3. The van der Waals surface area contributed by atoms with Gasteiger partial charge in [0.1, 0.15) is 0 Å². The Morgan fingerprint density at radius 2 is 2.33 bits per heavy atom. The minimum Gasteiger partial charge on any atom is -0.504 e. The summed E-state index contributed by atoms with van der Waals surface area (Å²) in [6.45, 7) is 0. The predicted octanol–water partition coefficient (Wildman–Crippen LogP) is 0.969. The third-order valence-corrected chi connectivity index (χ3v) is 1.40. The van der Waals surface area contributed by atoms with Gasteiger partial charge in [-0.1, -0.05) is 0 Å². The van der Waals surface area contributed by atoms with Crippen LogP contribution >= 0.6 is 0 Å².